The van der Waals surface area contributed by atoms with E-state index in [2.05, 4.69) is 10.1 Å². The van der Waals surface area contributed by atoms with Crippen molar-refractivity contribution in [1.82, 2.24) is 10.1 Å². The first-order valence-electron chi connectivity index (χ1n) is 7.14. The molecule has 0 spiro atoms. The van der Waals surface area contributed by atoms with E-state index in [1.165, 1.54) is 0 Å². The monoisotopic (exact) mass is 291 g/mol. The van der Waals surface area contributed by atoms with Gasteiger partial charge < -0.3 is 19.7 Å². The van der Waals surface area contributed by atoms with Crippen LogP contribution in [0.25, 0.3) is 11.5 Å². The second-order valence-corrected chi connectivity index (χ2v) is 4.60. The summed E-state index contributed by atoms with van der Waals surface area (Å²) in [6.45, 7) is 5.69. The van der Waals surface area contributed by atoms with E-state index < -0.39 is 0 Å². The molecule has 0 fully saturated rings. The quantitative estimate of drug-likeness (QED) is 0.752. The number of nitrogens with two attached hydrogens (primary N) is 1. The number of aromatic nitrogens is 2. The highest BCUT2D eigenvalue weighted by molar-refractivity contribution is 5.54. The molecule has 0 saturated carbocycles. The summed E-state index contributed by atoms with van der Waals surface area (Å²) in [6, 6.07) is 7.11. The van der Waals surface area contributed by atoms with Gasteiger partial charge in [0.2, 0.25) is 0 Å². The molecule has 114 valence electrons. The molecule has 1 unspecified atom stereocenters. The summed E-state index contributed by atoms with van der Waals surface area (Å²) in [6.07, 6.45) is 0.955. The van der Waals surface area contributed by atoms with Gasteiger partial charge in [0.25, 0.3) is 5.89 Å². The zero-order valence-electron chi connectivity index (χ0n) is 12.4. The van der Waals surface area contributed by atoms with Crippen molar-refractivity contribution >= 4 is 0 Å². The van der Waals surface area contributed by atoms with Crippen molar-refractivity contribution in [1.29, 1.82) is 0 Å². The highest BCUT2D eigenvalue weighted by Crippen LogP contribution is 2.22. The Hall–Kier alpha value is -1.92. The van der Waals surface area contributed by atoms with Crippen LogP contribution in [0.4, 0.5) is 0 Å². The maximum atomic E-state index is 5.96. The minimum atomic E-state index is -0.378. The van der Waals surface area contributed by atoms with Crippen LogP contribution in [0.3, 0.4) is 0 Å². The second-order valence-electron chi connectivity index (χ2n) is 4.60. The Morgan fingerprint density at radius 1 is 1.24 bits per heavy atom. The predicted molar refractivity (Wildman–Crippen MR) is 78.9 cm³/mol. The number of ether oxygens (including phenoxy) is 2. The molecule has 0 amide bonds. The molecule has 1 aromatic heterocycles. The predicted octanol–water partition coefficient (Wildman–Crippen LogP) is 2.56. The van der Waals surface area contributed by atoms with Gasteiger partial charge in [0, 0.05) is 12.2 Å². The molecule has 2 rings (SSSR count). The summed E-state index contributed by atoms with van der Waals surface area (Å²) in [7, 11) is 0. The first-order chi connectivity index (χ1) is 10.2. The summed E-state index contributed by atoms with van der Waals surface area (Å²) in [5.41, 5.74) is 6.79. The Morgan fingerprint density at radius 2 is 2.00 bits per heavy atom. The van der Waals surface area contributed by atoms with Crippen LogP contribution in [-0.2, 0) is 4.74 Å². The van der Waals surface area contributed by atoms with E-state index in [0.29, 0.717) is 31.5 Å². The first kappa shape index (κ1) is 15.5. The van der Waals surface area contributed by atoms with E-state index in [-0.39, 0.29) is 6.04 Å². The standard InChI is InChI=1S/C15H21N3O3/c1-3-9-19-10-13(16)14-17-15(21-18-14)11-5-7-12(8-6-11)20-4-2/h5-8,13H,3-4,9-10,16H2,1-2H3. The molecule has 2 aromatic rings. The van der Waals surface area contributed by atoms with Crippen LogP contribution in [0.15, 0.2) is 28.8 Å². The fourth-order valence-corrected chi connectivity index (χ4v) is 1.79. The molecule has 0 radical (unpaired) electrons. The lowest BCUT2D eigenvalue weighted by atomic mass is 10.2. The van der Waals surface area contributed by atoms with Crippen LogP contribution in [0.1, 0.15) is 32.1 Å². The molecular weight excluding hydrogens is 270 g/mol. The van der Waals surface area contributed by atoms with Gasteiger partial charge in [-0.15, -0.1) is 0 Å². The average Bonchev–Trinajstić information content (AvgIpc) is 2.98. The van der Waals surface area contributed by atoms with Gasteiger partial charge in [-0.05, 0) is 37.6 Å². The topological polar surface area (TPSA) is 83.4 Å². The van der Waals surface area contributed by atoms with Crippen molar-refractivity contribution in [3.05, 3.63) is 30.1 Å². The lowest BCUT2D eigenvalue weighted by Crippen LogP contribution is -2.18. The average molecular weight is 291 g/mol. The van der Waals surface area contributed by atoms with Crippen molar-refractivity contribution in [3.63, 3.8) is 0 Å². The summed E-state index contributed by atoms with van der Waals surface area (Å²) in [5, 5.41) is 3.91. The molecule has 6 heteroatoms. The smallest absolute Gasteiger partial charge is 0.257 e. The van der Waals surface area contributed by atoms with Gasteiger partial charge in [-0.2, -0.15) is 4.98 Å². The van der Waals surface area contributed by atoms with Crippen LogP contribution in [0, 0.1) is 0 Å². The number of benzene rings is 1. The molecule has 0 bridgehead atoms. The van der Waals surface area contributed by atoms with Gasteiger partial charge in [0.1, 0.15) is 5.75 Å². The molecule has 0 aliphatic heterocycles. The molecule has 21 heavy (non-hydrogen) atoms. The van der Waals surface area contributed by atoms with E-state index in [0.717, 1.165) is 17.7 Å². The van der Waals surface area contributed by atoms with Crippen molar-refractivity contribution in [3.8, 4) is 17.2 Å². The van der Waals surface area contributed by atoms with Gasteiger partial charge in [-0.25, -0.2) is 0 Å². The normalized spacial score (nSPS) is 12.3. The van der Waals surface area contributed by atoms with Crippen LogP contribution in [-0.4, -0.2) is 30.0 Å². The minimum absolute atomic E-state index is 0.378. The Balaban J connectivity index is 2.01. The fraction of sp³-hybridized carbons (Fsp3) is 0.467. The van der Waals surface area contributed by atoms with E-state index in [1.807, 2.05) is 38.1 Å². The van der Waals surface area contributed by atoms with Crippen LogP contribution < -0.4 is 10.5 Å². The number of nitrogens with zero attached hydrogens (tertiary/aromatic N) is 2. The molecular formula is C15H21N3O3. The van der Waals surface area contributed by atoms with Gasteiger partial charge in [0.05, 0.1) is 19.3 Å². The van der Waals surface area contributed by atoms with Crippen molar-refractivity contribution in [2.75, 3.05) is 19.8 Å². The molecule has 1 atom stereocenters. The van der Waals surface area contributed by atoms with Gasteiger partial charge in [0.15, 0.2) is 5.82 Å². The second kappa shape index (κ2) is 7.75. The third kappa shape index (κ3) is 4.27. The maximum absolute atomic E-state index is 5.96. The van der Waals surface area contributed by atoms with Crippen LogP contribution in [0.2, 0.25) is 0 Å². The van der Waals surface area contributed by atoms with E-state index in [1.54, 1.807) is 0 Å². The molecule has 0 saturated heterocycles. The van der Waals surface area contributed by atoms with E-state index in [9.17, 15) is 0 Å². The third-order valence-electron chi connectivity index (χ3n) is 2.83. The van der Waals surface area contributed by atoms with E-state index >= 15 is 0 Å². The Morgan fingerprint density at radius 3 is 2.67 bits per heavy atom. The Kier molecular flexibility index (Phi) is 5.71. The van der Waals surface area contributed by atoms with Crippen LogP contribution >= 0.6 is 0 Å². The van der Waals surface area contributed by atoms with Crippen molar-refractivity contribution in [2.24, 2.45) is 5.73 Å². The fourth-order valence-electron chi connectivity index (χ4n) is 1.79. The molecule has 0 aliphatic carbocycles. The first-order valence-corrected chi connectivity index (χ1v) is 7.14. The largest absolute Gasteiger partial charge is 0.494 e. The van der Waals surface area contributed by atoms with Crippen LogP contribution in [0.5, 0.6) is 5.75 Å². The SMILES string of the molecule is CCCOCC(N)c1noc(-c2ccc(OCC)cc2)n1. The molecule has 1 aromatic carbocycles. The number of hydrogen-bond donors (Lipinski definition) is 1. The molecule has 6 nitrogen and oxygen atoms in total. The highest BCUT2D eigenvalue weighted by Gasteiger charge is 2.15. The maximum Gasteiger partial charge on any atom is 0.257 e. The van der Waals surface area contributed by atoms with E-state index in [4.69, 9.17) is 19.7 Å². The Bertz CT molecular complexity index is 539. The summed E-state index contributed by atoms with van der Waals surface area (Å²) in [4.78, 5) is 4.31. The van der Waals surface area contributed by atoms with Gasteiger partial charge in [-0.3, -0.25) is 0 Å². The molecule has 0 aliphatic rings. The Labute approximate surface area is 124 Å². The summed E-state index contributed by atoms with van der Waals surface area (Å²) >= 11 is 0. The number of hydrogen-bond acceptors (Lipinski definition) is 6. The third-order valence-corrected chi connectivity index (χ3v) is 2.83. The molecule has 2 N–H and O–H groups in total. The zero-order valence-corrected chi connectivity index (χ0v) is 12.4. The lowest BCUT2D eigenvalue weighted by molar-refractivity contribution is 0.119. The van der Waals surface area contributed by atoms with Crippen molar-refractivity contribution < 1.29 is 14.0 Å². The van der Waals surface area contributed by atoms with Gasteiger partial charge in [-0.1, -0.05) is 12.1 Å². The number of rotatable bonds is 8. The molecule has 1 heterocycles. The van der Waals surface area contributed by atoms with Gasteiger partial charge >= 0.3 is 0 Å². The highest BCUT2D eigenvalue weighted by atomic mass is 16.5. The van der Waals surface area contributed by atoms with Crippen molar-refractivity contribution in [2.45, 2.75) is 26.3 Å². The minimum Gasteiger partial charge on any atom is -0.494 e. The summed E-state index contributed by atoms with van der Waals surface area (Å²) in [5.74, 6) is 1.71. The lowest BCUT2D eigenvalue weighted by Gasteiger charge is -2.06. The zero-order chi connectivity index (χ0) is 15.1. The summed E-state index contributed by atoms with van der Waals surface area (Å²) < 4.78 is 16.0.